The second-order valence-electron chi connectivity index (χ2n) is 5.62. The summed E-state index contributed by atoms with van der Waals surface area (Å²) in [6, 6.07) is 10.6. The van der Waals surface area contributed by atoms with Crippen LogP contribution in [0.2, 0.25) is 0 Å². The van der Waals surface area contributed by atoms with Gasteiger partial charge in [-0.05, 0) is 53.2 Å². The number of anilines is 1. The summed E-state index contributed by atoms with van der Waals surface area (Å²) < 4.78 is 12.3. The Hall–Kier alpha value is -3.68. The Morgan fingerprint density at radius 3 is 2.59 bits per heavy atom. The number of carbonyl (C=O) groups is 1. The number of hydrogen-bond acceptors (Lipinski definition) is 6. The van der Waals surface area contributed by atoms with Crippen molar-refractivity contribution in [2.45, 2.75) is 6.42 Å². The van der Waals surface area contributed by atoms with Crippen LogP contribution in [-0.4, -0.2) is 40.3 Å². The highest BCUT2D eigenvalue weighted by atomic mass is 16.5. The Morgan fingerprint density at radius 2 is 2.00 bits per heavy atom. The molecule has 1 aromatic heterocycles. The molecule has 0 radical (unpaired) electrons. The van der Waals surface area contributed by atoms with Crippen molar-refractivity contribution in [3.63, 3.8) is 0 Å². The highest BCUT2D eigenvalue weighted by Crippen LogP contribution is 2.33. The lowest BCUT2D eigenvalue weighted by Gasteiger charge is -2.14. The van der Waals surface area contributed by atoms with Crippen molar-refractivity contribution in [3.8, 4) is 17.2 Å². The van der Waals surface area contributed by atoms with Gasteiger partial charge < -0.3 is 14.8 Å². The zero-order valence-electron chi connectivity index (χ0n) is 15.0. The SMILES string of the molecule is C=CCc1cc(C(=O)Nc2ccc(-n3cnnn3)cc2)cc(OC)c1OC. The van der Waals surface area contributed by atoms with E-state index in [-0.39, 0.29) is 5.91 Å². The Kier molecular flexibility index (Phi) is 5.46. The van der Waals surface area contributed by atoms with Crippen LogP contribution in [0.1, 0.15) is 15.9 Å². The van der Waals surface area contributed by atoms with Crippen LogP contribution in [-0.2, 0) is 6.42 Å². The zero-order chi connectivity index (χ0) is 19.2. The molecule has 0 atom stereocenters. The van der Waals surface area contributed by atoms with Crippen molar-refractivity contribution in [1.82, 2.24) is 20.2 Å². The quantitative estimate of drug-likeness (QED) is 0.647. The number of allylic oxidation sites excluding steroid dienone is 1. The predicted octanol–water partition coefficient (Wildman–Crippen LogP) is 2.66. The van der Waals surface area contributed by atoms with Crippen molar-refractivity contribution in [2.75, 3.05) is 19.5 Å². The van der Waals surface area contributed by atoms with E-state index in [1.165, 1.54) is 18.1 Å². The summed E-state index contributed by atoms with van der Waals surface area (Å²) in [5.74, 6) is 0.840. The van der Waals surface area contributed by atoms with Crippen LogP contribution in [0.4, 0.5) is 5.69 Å². The van der Waals surface area contributed by atoms with Crippen LogP contribution in [0.5, 0.6) is 11.5 Å². The van der Waals surface area contributed by atoms with Crippen LogP contribution < -0.4 is 14.8 Å². The van der Waals surface area contributed by atoms with E-state index in [9.17, 15) is 4.79 Å². The Bertz CT molecular complexity index is 937. The van der Waals surface area contributed by atoms with Gasteiger partial charge in [-0.15, -0.1) is 11.7 Å². The van der Waals surface area contributed by atoms with Gasteiger partial charge in [0.15, 0.2) is 11.5 Å². The lowest BCUT2D eigenvalue weighted by atomic mass is 10.0. The fourth-order valence-corrected chi connectivity index (χ4v) is 2.66. The molecular weight excluding hydrogens is 346 g/mol. The second kappa shape index (κ2) is 8.13. The largest absolute Gasteiger partial charge is 0.493 e. The molecule has 3 aromatic rings. The van der Waals surface area contributed by atoms with Crippen molar-refractivity contribution in [1.29, 1.82) is 0 Å². The van der Waals surface area contributed by atoms with Gasteiger partial charge in [0.1, 0.15) is 6.33 Å². The Morgan fingerprint density at radius 1 is 1.22 bits per heavy atom. The van der Waals surface area contributed by atoms with Crippen molar-refractivity contribution in [3.05, 3.63) is 66.5 Å². The minimum Gasteiger partial charge on any atom is -0.493 e. The number of nitrogens with zero attached hydrogens (tertiary/aromatic N) is 4. The summed E-state index contributed by atoms with van der Waals surface area (Å²) in [6.07, 6.45) is 3.80. The van der Waals surface area contributed by atoms with Gasteiger partial charge in [0.2, 0.25) is 0 Å². The number of carbonyl (C=O) groups excluding carboxylic acids is 1. The first kappa shape index (κ1) is 18.1. The minimum atomic E-state index is -0.253. The molecule has 0 saturated heterocycles. The van der Waals surface area contributed by atoms with Crippen molar-refractivity contribution >= 4 is 11.6 Å². The van der Waals surface area contributed by atoms with E-state index in [1.54, 1.807) is 37.5 Å². The van der Waals surface area contributed by atoms with Gasteiger partial charge in [0, 0.05) is 16.8 Å². The first-order chi connectivity index (χ1) is 13.2. The molecule has 2 aromatic carbocycles. The number of amides is 1. The number of nitrogens with one attached hydrogen (secondary N) is 1. The first-order valence-electron chi connectivity index (χ1n) is 8.16. The van der Waals surface area contributed by atoms with Gasteiger partial charge in [-0.1, -0.05) is 6.08 Å². The monoisotopic (exact) mass is 365 g/mol. The third kappa shape index (κ3) is 3.95. The Labute approximate surface area is 156 Å². The average Bonchev–Trinajstić information content (AvgIpc) is 3.23. The lowest BCUT2D eigenvalue weighted by molar-refractivity contribution is 0.102. The maximum Gasteiger partial charge on any atom is 0.255 e. The molecule has 0 unspecified atom stereocenters. The molecule has 0 bridgehead atoms. The van der Waals surface area contributed by atoms with Crippen molar-refractivity contribution in [2.24, 2.45) is 0 Å². The van der Waals surface area contributed by atoms with Gasteiger partial charge in [-0.3, -0.25) is 4.79 Å². The molecule has 1 N–H and O–H groups in total. The van der Waals surface area contributed by atoms with E-state index < -0.39 is 0 Å². The summed E-state index contributed by atoms with van der Waals surface area (Å²) in [5, 5.41) is 13.9. The highest BCUT2D eigenvalue weighted by Gasteiger charge is 2.16. The summed E-state index contributed by atoms with van der Waals surface area (Å²) in [7, 11) is 3.10. The second-order valence-corrected chi connectivity index (χ2v) is 5.62. The molecule has 138 valence electrons. The summed E-state index contributed by atoms with van der Waals surface area (Å²) >= 11 is 0. The number of hydrogen-bond donors (Lipinski definition) is 1. The van der Waals surface area contributed by atoms with Crippen LogP contribution in [0.15, 0.2) is 55.4 Å². The van der Waals surface area contributed by atoms with Gasteiger partial charge in [0.05, 0.1) is 19.9 Å². The van der Waals surface area contributed by atoms with Gasteiger partial charge >= 0.3 is 0 Å². The number of benzene rings is 2. The van der Waals surface area contributed by atoms with E-state index >= 15 is 0 Å². The van der Waals surface area contributed by atoms with E-state index in [1.807, 2.05) is 12.1 Å². The molecule has 0 spiro atoms. The van der Waals surface area contributed by atoms with Crippen LogP contribution >= 0.6 is 0 Å². The zero-order valence-corrected chi connectivity index (χ0v) is 15.0. The fraction of sp³-hybridized carbons (Fsp3) is 0.158. The molecular formula is C19H19N5O3. The molecule has 8 nitrogen and oxygen atoms in total. The summed E-state index contributed by atoms with van der Waals surface area (Å²) in [6.45, 7) is 3.75. The van der Waals surface area contributed by atoms with E-state index in [4.69, 9.17) is 9.47 Å². The number of aromatic nitrogens is 4. The van der Waals surface area contributed by atoms with Crippen LogP contribution in [0.3, 0.4) is 0 Å². The molecule has 0 aliphatic rings. The highest BCUT2D eigenvalue weighted by molar-refractivity contribution is 6.05. The van der Waals surface area contributed by atoms with Gasteiger partial charge in [-0.2, -0.15) is 0 Å². The molecule has 27 heavy (non-hydrogen) atoms. The molecule has 0 aliphatic heterocycles. The molecule has 0 fully saturated rings. The number of tetrazole rings is 1. The lowest BCUT2D eigenvalue weighted by Crippen LogP contribution is -2.13. The smallest absolute Gasteiger partial charge is 0.255 e. The van der Waals surface area contributed by atoms with E-state index in [0.717, 1.165) is 11.3 Å². The normalized spacial score (nSPS) is 10.3. The molecule has 8 heteroatoms. The molecule has 1 amide bonds. The standard InChI is InChI=1S/C19H19N5O3/c1-4-5-13-10-14(11-17(26-2)18(13)27-3)19(25)21-15-6-8-16(9-7-15)24-12-20-22-23-24/h4,6-12H,1,5H2,2-3H3,(H,21,25). The molecule has 0 aliphatic carbocycles. The molecule has 1 heterocycles. The van der Waals surface area contributed by atoms with E-state index in [2.05, 4.69) is 27.4 Å². The third-order valence-electron chi connectivity index (χ3n) is 3.92. The van der Waals surface area contributed by atoms with Gasteiger partial charge in [0.25, 0.3) is 5.91 Å². The maximum absolute atomic E-state index is 12.7. The third-order valence-corrected chi connectivity index (χ3v) is 3.92. The van der Waals surface area contributed by atoms with Crippen LogP contribution in [0, 0.1) is 0 Å². The number of ether oxygens (including phenoxy) is 2. The van der Waals surface area contributed by atoms with Crippen molar-refractivity contribution < 1.29 is 14.3 Å². The van der Waals surface area contributed by atoms with Crippen LogP contribution in [0.25, 0.3) is 5.69 Å². The number of methoxy groups -OCH3 is 2. The maximum atomic E-state index is 12.7. The Balaban J connectivity index is 1.83. The minimum absolute atomic E-state index is 0.253. The average molecular weight is 365 g/mol. The molecule has 0 saturated carbocycles. The first-order valence-corrected chi connectivity index (χ1v) is 8.16. The fourth-order valence-electron chi connectivity index (χ4n) is 2.66. The van der Waals surface area contributed by atoms with E-state index in [0.29, 0.717) is 29.2 Å². The van der Waals surface area contributed by atoms with Gasteiger partial charge in [-0.25, -0.2) is 4.68 Å². The molecule has 3 rings (SSSR count). The summed E-state index contributed by atoms with van der Waals surface area (Å²) in [5.41, 5.74) is 2.73. The predicted molar refractivity (Wildman–Crippen MR) is 101 cm³/mol. The summed E-state index contributed by atoms with van der Waals surface area (Å²) in [4.78, 5) is 12.7. The number of rotatable bonds is 7. The topological polar surface area (TPSA) is 91.2 Å².